The Morgan fingerprint density at radius 3 is 2.48 bits per heavy atom. The summed E-state index contributed by atoms with van der Waals surface area (Å²) in [6, 6.07) is 3.34. The molecular weight excluding hydrogens is 290 g/mol. The van der Waals surface area contributed by atoms with Crippen LogP contribution in [0.2, 0.25) is 0 Å². The van der Waals surface area contributed by atoms with Crippen LogP contribution in [0.1, 0.15) is 31.1 Å². The lowest BCUT2D eigenvalue weighted by molar-refractivity contribution is 0.0956. The number of hydrogen-bond donors (Lipinski definition) is 1. The lowest BCUT2D eigenvalue weighted by atomic mass is 10.2. The van der Waals surface area contributed by atoms with Crippen LogP contribution in [-0.2, 0) is 9.84 Å². The van der Waals surface area contributed by atoms with Crippen molar-refractivity contribution in [1.29, 1.82) is 0 Å². The molecule has 1 aromatic rings. The van der Waals surface area contributed by atoms with E-state index in [0.29, 0.717) is 11.4 Å². The highest BCUT2D eigenvalue weighted by atomic mass is 32.2. The lowest BCUT2D eigenvalue weighted by Crippen LogP contribution is -2.36. The minimum absolute atomic E-state index is 0.0835. The second kappa shape index (κ2) is 6.43. The number of anilines is 1. The van der Waals surface area contributed by atoms with E-state index < -0.39 is 14.6 Å². The van der Waals surface area contributed by atoms with Gasteiger partial charge in [-0.1, -0.05) is 0 Å². The summed E-state index contributed by atoms with van der Waals surface area (Å²) in [6.07, 6.45) is 1.61. The Balaban J connectivity index is 2.72. The van der Waals surface area contributed by atoms with E-state index >= 15 is 0 Å². The van der Waals surface area contributed by atoms with Crippen LogP contribution in [0.25, 0.3) is 0 Å². The Bertz CT molecular complexity index is 604. The van der Waals surface area contributed by atoms with E-state index in [1.165, 1.54) is 0 Å². The third-order valence-corrected chi connectivity index (χ3v) is 5.65. The van der Waals surface area contributed by atoms with Crippen molar-refractivity contribution in [3.05, 3.63) is 23.9 Å². The summed E-state index contributed by atoms with van der Waals surface area (Å²) in [5.41, 5.74) is 0.427. The molecule has 0 bridgehead atoms. The predicted molar refractivity (Wildman–Crippen MR) is 84.4 cm³/mol. The molecule has 0 aromatic carbocycles. The first-order valence-corrected chi connectivity index (χ1v) is 8.34. The molecular formula is C14H23N3O3S. The average Bonchev–Trinajstić information content (AvgIpc) is 2.37. The van der Waals surface area contributed by atoms with Gasteiger partial charge in [0.1, 0.15) is 5.82 Å². The van der Waals surface area contributed by atoms with Gasteiger partial charge in [-0.3, -0.25) is 4.79 Å². The van der Waals surface area contributed by atoms with Crippen LogP contribution >= 0.6 is 0 Å². The van der Waals surface area contributed by atoms with E-state index in [1.54, 1.807) is 58.1 Å². The second-order valence-corrected chi connectivity index (χ2v) is 8.82. The fourth-order valence-electron chi connectivity index (χ4n) is 1.63. The molecule has 118 valence electrons. The zero-order valence-corrected chi connectivity index (χ0v) is 14.0. The average molecular weight is 313 g/mol. The topological polar surface area (TPSA) is 79.4 Å². The van der Waals surface area contributed by atoms with Gasteiger partial charge in [-0.05, 0) is 32.9 Å². The van der Waals surface area contributed by atoms with Crippen LogP contribution in [0.15, 0.2) is 18.3 Å². The number of pyridine rings is 1. The maximum Gasteiger partial charge on any atom is 0.255 e. The molecule has 0 spiro atoms. The molecule has 1 N–H and O–H groups in total. The molecule has 0 radical (unpaired) electrons. The van der Waals surface area contributed by atoms with Gasteiger partial charge in [0.15, 0.2) is 9.84 Å². The number of hydrogen-bond acceptors (Lipinski definition) is 5. The number of amides is 1. The largest absolute Gasteiger partial charge is 0.362 e. The van der Waals surface area contributed by atoms with E-state index in [2.05, 4.69) is 10.3 Å². The molecule has 6 nitrogen and oxygen atoms in total. The molecule has 1 amide bonds. The first kappa shape index (κ1) is 17.4. The SMILES string of the molecule is CN(C)c1ncccc1C(=O)NCCS(=O)(=O)C(C)(C)C. The van der Waals surface area contributed by atoms with E-state index in [1.807, 2.05) is 0 Å². The molecule has 0 unspecified atom stereocenters. The van der Waals surface area contributed by atoms with E-state index in [-0.39, 0.29) is 18.2 Å². The van der Waals surface area contributed by atoms with Crippen molar-refractivity contribution >= 4 is 21.6 Å². The van der Waals surface area contributed by atoms with Gasteiger partial charge >= 0.3 is 0 Å². The molecule has 0 aliphatic carbocycles. The van der Waals surface area contributed by atoms with Gasteiger partial charge in [0.25, 0.3) is 5.91 Å². The van der Waals surface area contributed by atoms with Gasteiger partial charge in [0.05, 0.1) is 16.1 Å². The minimum atomic E-state index is -3.24. The number of rotatable bonds is 5. The summed E-state index contributed by atoms with van der Waals surface area (Å²) in [4.78, 5) is 18.0. The summed E-state index contributed by atoms with van der Waals surface area (Å²) in [5.74, 6) is 0.143. The monoisotopic (exact) mass is 313 g/mol. The number of nitrogens with one attached hydrogen (secondary N) is 1. The van der Waals surface area contributed by atoms with Gasteiger partial charge in [-0.15, -0.1) is 0 Å². The van der Waals surface area contributed by atoms with Crippen molar-refractivity contribution in [3.8, 4) is 0 Å². The molecule has 0 atom stereocenters. The van der Waals surface area contributed by atoms with Gasteiger partial charge in [0, 0.05) is 26.8 Å². The van der Waals surface area contributed by atoms with Crippen LogP contribution in [0.4, 0.5) is 5.82 Å². The predicted octanol–water partition coefficient (Wildman–Crippen LogP) is 1.09. The lowest BCUT2D eigenvalue weighted by Gasteiger charge is -2.19. The molecule has 21 heavy (non-hydrogen) atoms. The summed E-state index contributed by atoms with van der Waals surface area (Å²) in [6.45, 7) is 5.03. The molecule has 7 heteroatoms. The zero-order valence-electron chi connectivity index (χ0n) is 13.2. The van der Waals surface area contributed by atoms with Gasteiger partial charge in [0.2, 0.25) is 0 Å². The summed E-state index contributed by atoms with van der Waals surface area (Å²) >= 11 is 0. The molecule has 1 rings (SSSR count). The Hall–Kier alpha value is -1.63. The number of aromatic nitrogens is 1. The third kappa shape index (κ3) is 4.42. The summed E-state index contributed by atoms with van der Waals surface area (Å²) in [5, 5.41) is 2.64. The van der Waals surface area contributed by atoms with Crippen molar-refractivity contribution in [2.24, 2.45) is 0 Å². The highest BCUT2D eigenvalue weighted by molar-refractivity contribution is 7.92. The van der Waals surface area contributed by atoms with Crippen molar-refractivity contribution in [2.75, 3.05) is 31.3 Å². The zero-order chi connectivity index (χ0) is 16.3. The Kier molecular flexibility index (Phi) is 5.33. The molecule has 1 aromatic heterocycles. The molecule has 0 fully saturated rings. The fourth-order valence-corrected chi connectivity index (χ4v) is 2.61. The normalized spacial score (nSPS) is 12.0. The quantitative estimate of drug-likeness (QED) is 0.880. The highest BCUT2D eigenvalue weighted by Crippen LogP contribution is 2.16. The van der Waals surface area contributed by atoms with E-state index in [9.17, 15) is 13.2 Å². The number of carbonyl (C=O) groups is 1. The maximum absolute atomic E-state index is 12.1. The summed E-state index contributed by atoms with van der Waals surface area (Å²) in [7, 11) is 0.347. The molecule has 0 aliphatic heterocycles. The minimum Gasteiger partial charge on any atom is -0.362 e. The van der Waals surface area contributed by atoms with Crippen LogP contribution in [0, 0.1) is 0 Å². The smallest absolute Gasteiger partial charge is 0.255 e. The first-order chi connectivity index (χ1) is 9.56. The Morgan fingerprint density at radius 2 is 1.95 bits per heavy atom. The van der Waals surface area contributed by atoms with E-state index in [4.69, 9.17) is 0 Å². The van der Waals surface area contributed by atoms with Crippen LogP contribution in [-0.4, -0.2) is 50.4 Å². The van der Waals surface area contributed by atoms with Crippen LogP contribution < -0.4 is 10.2 Å². The number of carbonyl (C=O) groups excluding carboxylic acids is 1. The molecule has 0 saturated carbocycles. The molecule has 0 saturated heterocycles. The van der Waals surface area contributed by atoms with Gasteiger partial charge in [-0.25, -0.2) is 13.4 Å². The fraction of sp³-hybridized carbons (Fsp3) is 0.571. The number of nitrogens with zero attached hydrogens (tertiary/aromatic N) is 2. The van der Waals surface area contributed by atoms with Crippen molar-refractivity contribution in [1.82, 2.24) is 10.3 Å². The van der Waals surface area contributed by atoms with Crippen molar-refractivity contribution < 1.29 is 13.2 Å². The first-order valence-electron chi connectivity index (χ1n) is 6.69. The standard InChI is InChI=1S/C14H23N3O3S/c1-14(2,3)21(19,20)10-9-16-13(18)11-7-6-8-15-12(11)17(4)5/h6-8H,9-10H2,1-5H3,(H,16,18). The second-order valence-electron chi connectivity index (χ2n) is 5.96. The maximum atomic E-state index is 12.1. The Morgan fingerprint density at radius 1 is 1.33 bits per heavy atom. The van der Waals surface area contributed by atoms with E-state index in [0.717, 1.165) is 0 Å². The third-order valence-electron chi connectivity index (χ3n) is 3.04. The van der Waals surface area contributed by atoms with Crippen LogP contribution in [0.5, 0.6) is 0 Å². The van der Waals surface area contributed by atoms with Crippen molar-refractivity contribution in [3.63, 3.8) is 0 Å². The molecule has 1 heterocycles. The highest BCUT2D eigenvalue weighted by Gasteiger charge is 2.28. The van der Waals surface area contributed by atoms with Crippen molar-refractivity contribution in [2.45, 2.75) is 25.5 Å². The van der Waals surface area contributed by atoms with Crippen LogP contribution in [0.3, 0.4) is 0 Å². The van der Waals surface area contributed by atoms with Gasteiger partial charge in [-0.2, -0.15) is 0 Å². The van der Waals surface area contributed by atoms with Gasteiger partial charge < -0.3 is 10.2 Å². The molecule has 0 aliphatic rings. The Labute approximate surface area is 126 Å². The summed E-state index contributed by atoms with van der Waals surface area (Å²) < 4.78 is 23.1. The number of sulfone groups is 1.